The highest BCUT2D eigenvalue weighted by Gasteiger charge is 2.49. The third kappa shape index (κ3) is 5.93. The van der Waals surface area contributed by atoms with E-state index in [-0.39, 0.29) is 23.1 Å². The van der Waals surface area contributed by atoms with E-state index in [1.54, 1.807) is 6.08 Å². The Morgan fingerprint density at radius 2 is 1.42 bits per heavy atom. The number of carbonyl (C=O) groups is 1. The smallest absolute Gasteiger partial charge is 0.261 e. The third-order valence-electron chi connectivity index (χ3n) is 6.54. The molecule has 1 aliphatic rings. The average molecular weight is 498 g/mol. The Balaban J connectivity index is 1.53. The summed E-state index contributed by atoms with van der Waals surface area (Å²) < 4.78 is 13.1. The first-order chi connectivity index (χ1) is 17.4. The van der Waals surface area contributed by atoms with Crippen molar-refractivity contribution in [2.24, 2.45) is 0 Å². The Bertz CT molecular complexity index is 1130. The van der Waals surface area contributed by atoms with Crippen LogP contribution in [0.3, 0.4) is 0 Å². The maximum atomic E-state index is 12.1. The summed E-state index contributed by atoms with van der Waals surface area (Å²) >= 11 is 0. The summed E-state index contributed by atoms with van der Waals surface area (Å²) in [4.78, 5) is 12.1. The molecular formula is C31H35NO3Si. The lowest BCUT2D eigenvalue weighted by Crippen LogP contribution is -2.66. The minimum absolute atomic E-state index is 0.0906. The lowest BCUT2D eigenvalue weighted by molar-refractivity contribution is -0.118. The summed E-state index contributed by atoms with van der Waals surface area (Å²) in [6.45, 7) is 7.72. The molecule has 0 aliphatic carbocycles. The van der Waals surface area contributed by atoms with E-state index in [1.165, 1.54) is 10.4 Å². The second-order valence-electron chi connectivity index (χ2n) is 10.1. The zero-order chi connectivity index (χ0) is 25.4. The standard InChI is InChI=1S/C31H35NO3Si/c1-31(2,3)36(26-16-9-5-10-17-26,27-18-11-6-12-19-27)35-23-13-20-28-29(21-22-30(33)32-28)34-24-25-14-7-4-8-15-25/h4-22,28-29H,23-24H2,1-3H3,(H,32,33)/b20-13-/t28-,29-/m0/s1. The van der Waals surface area contributed by atoms with E-state index >= 15 is 0 Å². The Kier molecular flexibility index (Phi) is 8.36. The molecular weight excluding hydrogens is 462 g/mol. The highest BCUT2D eigenvalue weighted by atomic mass is 28.4. The molecule has 2 atom stereocenters. The summed E-state index contributed by atoms with van der Waals surface area (Å²) in [5, 5.41) is 5.41. The first kappa shape index (κ1) is 25.8. The number of amides is 1. The largest absolute Gasteiger partial charge is 0.404 e. The van der Waals surface area contributed by atoms with Gasteiger partial charge in [-0.1, -0.05) is 124 Å². The fourth-order valence-electron chi connectivity index (χ4n) is 4.82. The zero-order valence-corrected chi connectivity index (χ0v) is 22.3. The van der Waals surface area contributed by atoms with Crippen molar-refractivity contribution in [1.29, 1.82) is 0 Å². The molecule has 1 amide bonds. The van der Waals surface area contributed by atoms with Crippen LogP contribution in [-0.4, -0.2) is 33.0 Å². The van der Waals surface area contributed by atoms with E-state index in [9.17, 15) is 4.79 Å². The van der Waals surface area contributed by atoms with Crippen LogP contribution in [0.5, 0.6) is 0 Å². The third-order valence-corrected chi connectivity index (χ3v) is 11.5. The Hall–Kier alpha value is -3.25. The summed E-state index contributed by atoms with van der Waals surface area (Å²) in [6, 6.07) is 31.0. The van der Waals surface area contributed by atoms with Crippen LogP contribution >= 0.6 is 0 Å². The molecule has 36 heavy (non-hydrogen) atoms. The van der Waals surface area contributed by atoms with Gasteiger partial charge in [0.2, 0.25) is 5.91 Å². The molecule has 0 saturated heterocycles. The van der Waals surface area contributed by atoms with Crippen molar-refractivity contribution in [1.82, 2.24) is 5.32 Å². The van der Waals surface area contributed by atoms with Crippen molar-refractivity contribution in [2.75, 3.05) is 6.61 Å². The van der Waals surface area contributed by atoms with Crippen LogP contribution in [0.1, 0.15) is 26.3 Å². The topological polar surface area (TPSA) is 47.6 Å². The molecule has 0 spiro atoms. The maximum absolute atomic E-state index is 12.1. The molecule has 3 aromatic rings. The SMILES string of the molecule is CC(C)(C)[Si](OC/C=C\[C@@H]1NC(=O)C=C[C@@H]1OCc1ccccc1)(c1ccccc1)c1ccccc1. The van der Waals surface area contributed by atoms with Gasteiger partial charge in [-0.15, -0.1) is 0 Å². The monoisotopic (exact) mass is 497 g/mol. The summed E-state index contributed by atoms with van der Waals surface area (Å²) in [7, 11) is -2.61. The second-order valence-corrected chi connectivity index (χ2v) is 14.4. The van der Waals surface area contributed by atoms with Crippen LogP contribution in [0, 0.1) is 0 Å². The highest BCUT2D eigenvalue weighted by Crippen LogP contribution is 2.36. The molecule has 0 aromatic heterocycles. The number of rotatable bonds is 9. The molecule has 0 bridgehead atoms. The van der Waals surface area contributed by atoms with E-state index in [2.05, 4.69) is 74.6 Å². The first-order valence-corrected chi connectivity index (χ1v) is 14.4. The minimum Gasteiger partial charge on any atom is -0.404 e. The van der Waals surface area contributed by atoms with Crippen molar-refractivity contribution >= 4 is 24.6 Å². The number of nitrogens with one attached hydrogen (secondary N) is 1. The van der Waals surface area contributed by atoms with Crippen LogP contribution in [0.4, 0.5) is 0 Å². The molecule has 4 nitrogen and oxygen atoms in total. The van der Waals surface area contributed by atoms with Crippen LogP contribution in [0.15, 0.2) is 115 Å². The fourth-order valence-corrected chi connectivity index (χ4v) is 9.32. The van der Waals surface area contributed by atoms with Gasteiger partial charge in [0.05, 0.1) is 19.3 Å². The Labute approximate surface area is 215 Å². The van der Waals surface area contributed by atoms with Gasteiger partial charge in [0, 0.05) is 6.08 Å². The fraction of sp³-hybridized carbons (Fsp3) is 0.258. The number of hydrogen-bond donors (Lipinski definition) is 1. The van der Waals surface area contributed by atoms with Gasteiger partial charge in [0.1, 0.15) is 6.10 Å². The summed E-state index contributed by atoms with van der Waals surface area (Å²) in [6.07, 6.45) is 7.14. The molecule has 0 radical (unpaired) electrons. The Morgan fingerprint density at radius 1 is 0.861 bits per heavy atom. The molecule has 4 rings (SSSR count). The number of benzene rings is 3. The summed E-state index contributed by atoms with van der Waals surface area (Å²) in [5.74, 6) is -0.114. The quantitative estimate of drug-likeness (QED) is 0.343. The van der Waals surface area contributed by atoms with E-state index in [0.29, 0.717) is 13.2 Å². The van der Waals surface area contributed by atoms with Gasteiger partial charge in [0.15, 0.2) is 0 Å². The van der Waals surface area contributed by atoms with Crippen molar-refractivity contribution < 1.29 is 14.0 Å². The van der Waals surface area contributed by atoms with Crippen LogP contribution in [0.2, 0.25) is 5.04 Å². The van der Waals surface area contributed by atoms with Gasteiger partial charge in [-0.05, 0) is 27.1 Å². The molecule has 3 aromatic carbocycles. The van der Waals surface area contributed by atoms with Crippen molar-refractivity contribution in [3.8, 4) is 0 Å². The van der Waals surface area contributed by atoms with Crippen molar-refractivity contribution in [3.63, 3.8) is 0 Å². The molecule has 0 saturated carbocycles. The normalized spacial score (nSPS) is 18.4. The molecule has 5 heteroatoms. The lowest BCUT2D eigenvalue weighted by atomic mass is 10.1. The highest BCUT2D eigenvalue weighted by molar-refractivity contribution is 6.99. The van der Waals surface area contributed by atoms with Crippen LogP contribution < -0.4 is 15.7 Å². The lowest BCUT2D eigenvalue weighted by Gasteiger charge is -2.42. The van der Waals surface area contributed by atoms with Crippen molar-refractivity contribution in [2.45, 2.75) is 44.6 Å². The predicted octanol–water partition coefficient (Wildman–Crippen LogP) is 4.76. The molecule has 0 fully saturated rings. The molecule has 1 heterocycles. The van der Waals surface area contributed by atoms with E-state index in [1.807, 2.05) is 60.7 Å². The van der Waals surface area contributed by atoms with Crippen LogP contribution in [-0.2, 0) is 20.6 Å². The van der Waals surface area contributed by atoms with Gasteiger partial charge < -0.3 is 14.5 Å². The Morgan fingerprint density at radius 3 is 1.97 bits per heavy atom. The van der Waals surface area contributed by atoms with Gasteiger partial charge in [0.25, 0.3) is 8.32 Å². The first-order valence-electron chi connectivity index (χ1n) is 12.5. The van der Waals surface area contributed by atoms with Gasteiger partial charge in [-0.25, -0.2) is 0 Å². The zero-order valence-electron chi connectivity index (χ0n) is 21.3. The number of carbonyl (C=O) groups excluding carboxylic acids is 1. The van der Waals surface area contributed by atoms with Gasteiger partial charge >= 0.3 is 0 Å². The van der Waals surface area contributed by atoms with Gasteiger partial charge in [-0.3, -0.25) is 4.79 Å². The van der Waals surface area contributed by atoms with Crippen molar-refractivity contribution in [3.05, 3.63) is 121 Å². The van der Waals surface area contributed by atoms with E-state index in [0.717, 1.165) is 5.56 Å². The second kappa shape index (κ2) is 11.7. The van der Waals surface area contributed by atoms with E-state index < -0.39 is 8.32 Å². The number of hydrogen-bond acceptors (Lipinski definition) is 3. The average Bonchev–Trinajstić information content (AvgIpc) is 2.89. The molecule has 0 unspecified atom stereocenters. The van der Waals surface area contributed by atoms with Gasteiger partial charge in [-0.2, -0.15) is 0 Å². The predicted molar refractivity (Wildman–Crippen MR) is 149 cm³/mol. The molecule has 186 valence electrons. The maximum Gasteiger partial charge on any atom is 0.261 e. The summed E-state index contributed by atoms with van der Waals surface area (Å²) in [5.41, 5.74) is 1.10. The van der Waals surface area contributed by atoms with E-state index in [4.69, 9.17) is 9.16 Å². The molecule has 1 aliphatic heterocycles. The molecule has 1 N–H and O–H groups in total. The minimum atomic E-state index is -2.61. The van der Waals surface area contributed by atoms with Crippen LogP contribution in [0.25, 0.3) is 0 Å². The number of ether oxygens (including phenoxy) is 1.